The Morgan fingerprint density at radius 1 is 1.07 bits per heavy atom. The summed E-state index contributed by atoms with van der Waals surface area (Å²) in [5.74, 6) is 1.79. The maximum absolute atomic E-state index is 12.6. The summed E-state index contributed by atoms with van der Waals surface area (Å²) in [7, 11) is 0. The van der Waals surface area contributed by atoms with E-state index in [1.807, 2.05) is 22.9 Å². The first-order chi connectivity index (χ1) is 14.7. The number of rotatable bonds is 4. The highest BCUT2D eigenvalue weighted by molar-refractivity contribution is 6.32. The number of carbonyl (C=O) groups is 1. The lowest BCUT2D eigenvalue weighted by atomic mass is 9.85. The number of aromatic nitrogens is 3. The van der Waals surface area contributed by atoms with Crippen LogP contribution in [0.5, 0.6) is 0 Å². The molecule has 0 spiro atoms. The van der Waals surface area contributed by atoms with Crippen LogP contribution in [0.3, 0.4) is 0 Å². The molecule has 1 amide bonds. The van der Waals surface area contributed by atoms with Gasteiger partial charge in [0.25, 0.3) is 0 Å². The maximum Gasteiger partial charge on any atom is 0.225 e. The zero-order valence-corrected chi connectivity index (χ0v) is 17.7. The molecule has 2 aliphatic rings. The number of amides is 1. The molecule has 1 aromatic carbocycles. The number of benzene rings is 1. The Kier molecular flexibility index (Phi) is 5.34. The van der Waals surface area contributed by atoms with Crippen molar-refractivity contribution in [3.05, 3.63) is 47.7 Å². The Morgan fingerprint density at radius 2 is 1.83 bits per heavy atom. The van der Waals surface area contributed by atoms with E-state index in [9.17, 15) is 4.79 Å². The molecular weight excluding hydrogens is 398 g/mol. The molecule has 156 valence electrons. The number of hydrogen-bond acceptors (Lipinski definition) is 4. The number of anilines is 1. The fraction of sp³-hybridized carbons (Fsp3) is 0.435. The number of para-hydroxylation sites is 1. The van der Waals surface area contributed by atoms with Crippen molar-refractivity contribution in [2.24, 2.45) is 5.92 Å². The van der Waals surface area contributed by atoms with E-state index in [2.05, 4.69) is 33.4 Å². The molecule has 30 heavy (non-hydrogen) atoms. The number of nitrogens with zero attached hydrogens (tertiary/aromatic N) is 4. The van der Waals surface area contributed by atoms with Gasteiger partial charge in [-0.05, 0) is 56.0 Å². The van der Waals surface area contributed by atoms with Crippen LogP contribution in [-0.2, 0) is 4.79 Å². The first kappa shape index (κ1) is 19.4. The maximum atomic E-state index is 12.6. The van der Waals surface area contributed by atoms with Gasteiger partial charge in [0.05, 0.1) is 11.7 Å². The molecule has 2 aromatic heterocycles. The smallest absolute Gasteiger partial charge is 0.225 e. The molecule has 1 aliphatic heterocycles. The average Bonchev–Trinajstić information content (AvgIpc) is 3.45. The molecule has 5 rings (SSSR count). The normalized spacial score (nSPS) is 21.8. The van der Waals surface area contributed by atoms with Gasteiger partial charge in [-0.2, -0.15) is 4.98 Å². The van der Waals surface area contributed by atoms with E-state index in [0.29, 0.717) is 22.7 Å². The van der Waals surface area contributed by atoms with Crippen molar-refractivity contribution in [1.29, 1.82) is 0 Å². The van der Waals surface area contributed by atoms with E-state index in [-0.39, 0.29) is 12.0 Å². The molecule has 0 atom stereocenters. The predicted molar refractivity (Wildman–Crippen MR) is 119 cm³/mol. The van der Waals surface area contributed by atoms with Crippen LogP contribution in [0.2, 0.25) is 5.02 Å². The molecule has 2 fully saturated rings. The Morgan fingerprint density at radius 3 is 2.63 bits per heavy atom. The van der Waals surface area contributed by atoms with Gasteiger partial charge < -0.3 is 10.2 Å². The molecular formula is C23H26ClN5O. The van der Waals surface area contributed by atoms with Gasteiger partial charge in [-0.3, -0.25) is 9.36 Å². The largest absolute Gasteiger partial charge is 0.351 e. The van der Waals surface area contributed by atoms with Crippen molar-refractivity contribution < 1.29 is 4.79 Å². The zero-order chi connectivity index (χ0) is 20.5. The third kappa shape index (κ3) is 3.76. The van der Waals surface area contributed by atoms with Crippen LogP contribution in [0.1, 0.15) is 38.5 Å². The van der Waals surface area contributed by atoms with Crippen molar-refractivity contribution in [2.45, 2.75) is 44.6 Å². The first-order valence-electron chi connectivity index (χ1n) is 10.8. The quantitative estimate of drug-likeness (QED) is 0.662. The predicted octanol–water partition coefficient (Wildman–Crippen LogP) is 4.67. The van der Waals surface area contributed by atoms with E-state index < -0.39 is 0 Å². The van der Waals surface area contributed by atoms with E-state index in [1.54, 1.807) is 6.20 Å². The van der Waals surface area contributed by atoms with Crippen LogP contribution >= 0.6 is 11.6 Å². The monoisotopic (exact) mass is 423 g/mol. The molecule has 1 N–H and O–H groups in total. The number of hydrogen-bond donors (Lipinski definition) is 1. The lowest BCUT2D eigenvalue weighted by Crippen LogP contribution is -2.37. The van der Waals surface area contributed by atoms with Crippen LogP contribution in [0.25, 0.3) is 16.7 Å². The van der Waals surface area contributed by atoms with Gasteiger partial charge in [-0.15, -0.1) is 0 Å². The first-order valence-corrected chi connectivity index (χ1v) is 11.2. The molecule has 0 radical (unpaired) electrons. The fourth-order valence-corrected chi connectivity index (χ4v) is 4.91. The Hall–Kier alpha value is -2.60. The number of carbonyl (C=O) groups excluding carboxylic acids is 1. The molecule has 3 aromatic rings. The van der Waals surface area contributed by atoms with Crippen LogP contribution in [0, 0.1) is 5.92 Å². The third-order valence-corrected chi connectivity index (χ3v) is 6.65. The second-order valence-electron chi connectivity index (χ2n) is 8.33. The number of nitrogens with one attached hydrogen (secondary N) is 1. The fourth-order valence-electron chi connectivity index (χ4n) is 4.73. The van der Waals surface area contributed by atoms with Crippen molar-refractivity contribution >= 4 is 34.4 Å². The van der Waals surface area contributed by atoms with Gasteiger partial charge >= 0.3 is 0 Å². The summed E-state index contributed by atoms with van der Waals surface area (Å²) in [4.78, 5) is 23.8. The molecule has 3 heterocycles. The summed E-state index contributed by atoms with van der Waals surface area (Å²) in [6.45, 7) is 1.87. The van der Waals surface area contributed by atoms with Gasteiger partial charge in [-0.25, -0.2) is 4.98 Å². The van der Waals surface area contributed by atoms with Crippen molar-refractivity contribution in [2.75, 3.05) is 18.4 Å². The highest BCUT2D eigenvalue weighted by Gasteiger charge is 2.30. The molecule has 0 bridgehead atoms. The van der Waals surface area contributed by atoms with Gasteiger partial charge in [0.2, 0.25) is 11.9 Å². The lowest BCUT2D eigenvalue weighted by molar-refractivity contribution is -0.135. The van der Waals surface area contributed by atoms with Crippen LogP contribution in [-0.4, -0.2) is 44.5 Å². The number of halogens is 1. The lowest BCUT2D eigenvalue weighted by Gasteiger charge is -2.30. The molecule has 6 nitrogen and oxygen atoms in total. The molecule has 1 saturated heterocycles. The summed E-state index contributed by atoms with van der Waals surface area (Å²) in [5, 5.41) is 5.13. The summed E-state index contributed by atoms with van der Waals surface area (Å²) in [6, 6.07) is 10.5. The second kappa shape index (κ2) is 8.26. The van der Waals surface area contributed by atoms with E-state index in [0.717, 1.165) is 62.5 Å². The van der Waals surface area contributed by atoms with Crippen LogP contribution < -0.4 is 5.32 Å². The Bertz CT molecular complexity index is 1050. The Labute approximate surface area is 181 Å². The summed E-state index contributed by atoms with van der Waals surface area (Å²) >= 11 is 6.43. The number of likely N-dealkylation sites (tertiary alicyclic amines) is 1. The van der Waals surface area contributed by atoms with Gasteiger partial charge in [0.15, 0.2) is 5.82 Å². The molecule has 0 unspecified atom stereocenters. The summed E-state index contributed by atoms with van der Waals surface area (Å²) in [5.41, 5.74) is 1.06. The van der Waals surface area contributed by atoms with Crippen LogP contribution in [0.4, 0.5) is 5.95 Å². The van der Waals surface area contributed by atoms with Crippen molar-refractivity contribution in [3.8, 4) is 5.82 Å². The van der Waals surface area contributed by atoms with Gasteiger partial charge in [-0.1, -0.05) is 29.8 Å². The standard InChI is InChI=1S/C23H26ClN5O/c24-19-15-25-23(27-21(19)29-14-11-16-5-1-2-6-20(16)29)26-18-9-7-17(8-10-18)22(30)28-12-3-4-13-28/h1-2,5-6,11,14-15,17-18H,3-4,7-10,12-13H2,(H,25,26,27). The van der Waals surface area contributed by atoms with Crippen LogP contribution in [0.15, 0.2) is 42.7 Å². The topological polar surface area (TPSA) is 63.1 Å². The summed E-state index contributed by atoms with van der Waals surface area (Å²) in [6.07, 6.45) is 9.70. The third-order valence-electron chi connectivity index (χ3n) is 6.38. The van der Waals surface area contributed by atoms with Crippen molar-refractivity contribution in [1.82, 2.24) is 19.4 Å². The van der Waals surface area contributed by atoms with Gasteiger partial charge in [0.1, 0.15) is 5.02 Å². The van der Waals surface area contributed by atoms with E-state index in [4.69, 9.17) is 16.6 Å². The second-order valence-corrected chi connectivity index (χ2v) is 8.74. The molecule has 7 heteroatoms. The van der Waals surface area contributed by atoms with E-state index in [1.165, 1.54) is 0 Å². The average molecular weight is 424 g/mol. The molecule has 1 saturated carbocycles. The molecule has 1 aliphatic carbocycles. The number of fused-ring (bicyclic) bond motifs is 1. The zero-order valence-electron chi connectivity index (χ0n) is 16.9. The SMILES string of the molecule is O=C(C1CCC(Nc2ncc(Cl)c(-n3ccc4ccccc43)n2)CC1)N1CCCC1. The minimum Gasteiger partial charge on any atom is -0.351 e. The highest BCUT2D eigenvalue weighted by Crippen LogP contribution is 2.30. The van der Waals surface area contributed by atoms with Gasteiger partial charge in [0, 0.05) is 31.2 Å². The minimum absolute atomic E-state index is 0.175. The highest BCUT2D eigenvalue weighted by atomic mass is 35.5. The van der Waals surface area contributed by atoms with Crippen molar-refractivity contribution in [3.63, 3.8) is 0 Å². The minimum atomic E-state index is 0.175. The van der Waals surface area contributed by atoms with E-state index >= 15 is 0 Å². The Balaban J connectivity index is 1.27. The summed E-state index contributed by atoms with van der Waals surface area (Å²) < 4.78 is 2.00.